The predicted molar refractivity (Wildman–Crippen MR) is 164 cm³/mol. The first-order valence-corrected chi connectivity index (χ1v) is 14.4. The molecule has 0 amide bonds. The average molecular weight is 518 g/mol. The zero-order chi connectivity index (χ0) is 26.8. The first-order chi connectivity index (χ1) is 18.1. The van der Waals surface area contributed by atoms with Gasteiger partial charge in [0.1, 0.15) is 11.3 Å². The second-order valence-corrected chi connectivity index (χ2v) is 13.1. The Balaban J connectivity index is 1.59. The molecule has 0 bridgehead atoms. The molecule has 6 rings (SSSR count). The Morgan fingerprint density at radius 1 is 0.895 bits per heavy atom. The van der Waals surface area contributed by atoms with Crippen LogP contribution in [0.2, 0.25) is 0 Å². The summed E-state index contributed by atoms with van der Waals surface area (Å²) in [5, 5.41) is 4.97. The number of nitrogens with zero attached hydrogens (tertiary/aromatic N) is 1. The van der Waals surface area contributed by atoms with Crippen LogP contribution in [-0.4, -0.2) is 4.98 Å². The lowest BCUT2D eigenvalue weighted by Crippen LogP contribution is -2.12. The number of hydrogen-bond donors (Lipinski definition) is 0. The highest BCUT2D eigenvalue weighted by atomic mass is 32.1. The van der Waals surface area contributed by atoms with E-state index >= 15 is 0 Å². The molecule has 6 aromatic rings. The van der Waals surface area contributed by atoms with Crippen molar-refractivity contribution in [3.8, 4) is 22.6 Å². The number of rotatable bonds is 4. The van der Waals surface area contributed by atoms with Gasteiger partial charge in [-0.15, -0.1) is 11.3 Å². The summed E-state index contributed by atoms with van der Waals surface area (Å²) in [6, 6.07) is 21.9. The number of fused-ring (bicyclic) bond motifs is 3. The zero-order valence-electron chi connectivity index (χ0n) is 23.4. The molecular formula is C35H35NOS. The maximum absolute atomic E-state index is 6.65. The van der Waals surface area contributed by atoms with E-state index in [2.05, 4.69) is 103 Å². The normalized spacial score (nSPS) is 12.4. The highest BCUT2D eigenvalue weighted by Crippen LogP contribution is 2.44. The van der Waals surface area contributed by atoms with Gasteiger partial charge in [-0.2, -0.15) is 0 Å². The van der Waals surface area contributed by atoms with E-state index in [0.717, 1.165) is 40.0 Å². The van der Waals surface area contributed by atoms with Gasteiger partial charge in [0.15, 0.2) is 0 Å². The van der Waals surface area contributed by atoms with Gasteiger partial charge in [0.05, 0.1) is 11.1 Å². The van der Waals surface area contributed by atoms with E-state index in [1.807, 2.05) is 23.6 Å². The molecular weight excluding hydrogens is 482 g/mol. The number of furan rings is 1. The standard InChI is InChI=1S/C35H35NOS/c1-20(2)17-30-21(3)31-26(13-10-14-29(31)38-30)34-22(4)32-28(37-34)15-16-36-33(32)24-18-23-11-8-9-12-25(23)27(19-24)35(5,6)7/h8-16,18-20H,17H2,1-7H3. The molecule has 3 aromatic heterocycles. The summed E-state index contributed by atoms with van der Waals surface area (Å²) in [5.41, 5.74) is 8.08. The quantitative estimate of drug-likeness (QED) is 0.232. The second kappa shape index (κ2) is 9.10. The summed E-state index contributed by atoms with van der Waals surface area (Å²) in [5.74, 6) is 1.58. The van der Waals surface area contributed by atoms with Crippen molar-refractivity contribution < 1.29 is 4.42 Å². The molecule has 0 aliphatic carbocycles. The Hall–Kier alpha value is -3.43. The summed E-state index contributed by atoms with van der Waals surface area (Å²) < 4.78 is 7.98. The monoisotopic (exact) mass is 517 g/mol. The minimum Gasteiger partial charge on any atom is -0.456 e. The molecule has 0 fully saturated rings. The Morgan fingerprint density at radius 3 is 2.45 bits per heavy atom. The topological polar surface area (TPSA) is 26.0 Å². The number of hydrogen-bond acceptors (Lipinski definition) is 3. The lowest BCUT2D eigenvalue weighted by molar-refractivity contribution is 0.596. The van der Waals surface area contributed by atoms with Crippen LogP contribution in [0.15, 0.2) is 71.3 Å². The van der Waals surface area contributed by atoms with Gasteiger partial charge in [-0.05, 0) is 77.8 Å². The van der Waals surface area contributed by atoms with Crippen LogP contribution in [-0.2, 0) is 11.8 Å². The van der Waals surface area contributed by atoms with Gasteiger partial charge in [0, 0.05) is 37.9 Å². The third kappa shape index (κ3) is 4.05. The number of benzene rings is 3. The Labute approximate surface area is 229 Å². The van der Waals surface area contributed by atoms with Crippen LogP contribution in [0.3, 0.4) is 0 Å². The van der Waals surface area contributed by atoms with E-state index in [1.54, 1.807) is 0 Å². The van der Waals surface area contributed by atoms with E-state index in [0.29, 0.717) is 5.92 Å². The molecule has 3 heterocycles. The van der Waals surface area contributed by atoms with Crippen LogP contribution >= 0.6 is 11.3 Å². The summed E-state index contributed by atoms with van der Waals surface area (Å²) in [6.45, 7) is 15.9. The van der Waals surface area contributed by atoms with Crippen molar-refractivity contribution >= 4 is 43.2 Å². The molecule has 0 unspecified atom stereocenters. The molecule has 0 atom stereocenters. The SMILES string of the molecule is Cc1c(-c2cccc3sc(CC(C)C)c(C)c23)oc2ccnc(-c3cc(C(C)(C)C)c4ccccc4c3)c12. The summed E-state index contributed by atoms with van der Waals surface area (Å²) in [6.07, 6.45) is 2.99. The third-order valence-electron chi connectivity index (χ3n) is 7.67. The van der Waals surface area contributed by atoms with Crippen LogP contribution in [0.1, 0.15) is 56.2 Å². The maximum atomic E-state index is 6.65. The number of thiophene rings is 1. The van der Waals surface area contributed by atoms with Gasteiger partial charge >= 0.3 is 0 Å². The third-order valence-corrected chi connectivity index (χ3v) is 8.95. The average Bonchev–Trinajstić information content (AvgIpc) is 3.38. The van der Waals surface area contributed by atoms with Crippen LogP contribution in [0.4, 0.5) is 0 Å². The highest BCUT2D eigenvalue weighted by molar-refractivity contribution is 7.19. The maximum Gasteiger partial charge on any atom is 0.139 e. The second-order valence-electron chi connectivity index (χ2n) is 12.0. The van der Waals surface area contributed by atoms with E-state index in [-0.39, 0.29) is 5.41 Å². The fraction of sp³-hybridized carbons (Fsp3) is 0.286. The molecule has 0 spiro atoms. The predicted octanol–water partition coefficient (Wildman–Crippen LogP) is 10.6. The molecule has 3 heteroatoms. The smallest absolute Gasteiger partial charge is 0.139 e. The fourth-order valence-electron chi connectivity index (χ4n) is 5.84. The lowest BCUT2D eigenvalue weighted by Gasteiger charge is -2.22. The van der Waals surface area contributed by atoms with Crippen molar-refractivity contribution in [1.82, 2.24) is 4.98 Å². The summed E-state index contributed by atoms with van der Waals surface area (Å²) in [4.78, 5) is 6.41. The first-order valence-electron chi connectivity index (χ1n) is 13.6. The summed E-state index contributed by atoms with van der Waals surface area (Å²) >= 11 is 1.92. The van der Waals surface area contributed by atoms with Crippen LogP contribution in [0.5, 0.6) is 0 Å². The van der Waals surface area contributed by atoms with E-state index in [1.165, 1.54) is 42.4 Å². The zero-order valence-corrected chi connectivity index (χ0v) is 24.2. The van der Waals surface area contributed by atoms with Gasteiger partial charge in [-0.3, -0.25) is 4.98 Å². The Kier molecular flexibility index (Phi) is 5.96. The van der Waals surface area contributed by atoms with E-state index < -0.39 is 0 Å². The van der Waals surface area contributed by atoms with E-state index in [4.69, 9.17) is 9.40 Å². The van der Waals surface area contributed by atoms with Crippen molar-refractivity contribution in [3.05, 3.63) is 88.4 Å². The van der Waals surface area contributed by atoms with E-state index in [9.17, 15) is 0 Å². The van der Waals surface area contributed by atoms with Crippen LogP contribution in [0.25, 0.3) is 54.4 Å². The van der Waals surface area contributed by atoms with Gasteiger partial charge in [-0.25, -0.2) is 0 Å². The minimum atomic E-state index is 0.0138. The number of aryl methyl sites for hydroxylation is 2. The summed E-state index contributed by atoms with van der Waals surface area (Å²) in [7, 11) is 0. The van der Waals surface area contributed by atoms with Crippen molar-refractivity contribution in [3.63, 3.8) is 0 Å². The van der Waals surface area contributed by atoms with Crippen molar-refractivity contribution in [2.75, 3.05) is 0 Å². The number of pyridine rings is 1. The minimum absolute atomic E-state index is 0.0138. The van der Waals surface area contributed by atoms with Crippen LogP contribution in [0, 0.1) is 19.8 Å². The molecule has 0 saturated heterocycles. The lowest BCUT2D eigenvalue weighted by atomic mass is 9.82. The van der Waals surface area contributed by atoms with Gasteiger partial charge in [0.25, 0.3) is 0 Å². The highest BCUT2D eigenvalue weighted by Gasteiger charge is 2.23. The van der Waals surface area contributed by atoms with Gasteiger partial charge < -0.3 is 4.42 Å². The molecule has 0 aliphatic heterocycles. The molecule has 0 aliphatic rings. The molecule has 0 radical (unpaired) electrons. The largest absolute Gasteiger partial charge is 0.456 e. The molecule has 2 nitrogen and oxygen atoms in total. The molecule has 3 aromatic carbocycles. The first kappa shape index (κ1) is 24.9. The Bertz CT molecular complexity index is 1830. The number of aromatic nitrogens is 1. The molecule has 192 valence electrons. The van der Waals surface area contributed by atoms with Crippen LogP contribution < -0.4 is 0 Å². The Morgan fingerprint density at radius 2 is 1.68 bits per heavy atom. The molecule has 0 saturated carbocycles. The van der Waals surface area contributed by atoms with Gasteiger partial charge in [0.2, 0.25) is 0 Å². The van der Waals surface area contributed by atoms with Crippen molar-refractivity contribution in [2.45, 2.75) is 60.3 Å². The van der Waals surface area contributed by atoms with Crippen molar-refractivity contribution in [2.24, 2.45) is 5.92 Å². The fourth-order valence-corrected chi connectivity index (χ4v) is 7.29. The molecule has 0 N–H and O–H groups in total. The van der Waals surface area contributed by atoms with Crippen molar-refractivity contribution in [1.29, 1.82) is 0 Å². The van der Waals surface area contributed by atoms with Gasteiger partial charge in [-0.1, -0.05) is 71.0 Å². The molecule has 38 heavy (non-hydrogen) atoms.